The van der Waals surface area contributed by atoms with Crippen LogP contribution in [0, 0.1) is 16.0 Å². The van der Waals surface area contributed by atoms with Gasteiger partial charge in [-0.25, -0.2) is 5.06 Å². The first-order chi connectivity index (χ1) is 15.5. The van der Waals surface area contributed by atoms with Crippen LogP contribution in [0.4, 0.5) is 11.4 Å². The summed E-state index contributed by atoms with van der Waals surface area (Å²) in [4.78, 5) is 44.8. The Hall–Kier alpha value is -4.04. The minimum absolute atomic E-state index is 0.0862. The number of nitro benzene ring substituents is 1. The van der Waals surface area contributed by atoms with Gasteiger partial charge in [-0.15, -0.1) is 0 Å². The molecular weight excluding hydrogens is 410 g/mol. The van der Waals surface area contributed by atoms with Gasteiger partial charge in [0.25, 0.3) is 11.6 Å². The fraction of sp³-hybridized carbons (Fsp3) is 0.167. The predicted octanol–water partition coefficient (Wildman–Crippen LogP) is 3.64. The van der Waals surface area contributed by atoms with Gasteiger partial charge in [-0.1, -0.05) is 60.7 Å². The van der Waals surface area contributed by atoms with Gasteiger partial charge in [0.05, 0.1) is 23.2 Å². The molecule has 8 heteroatoms. The maximum Gasteiger partial charge on any atom is 0.269 e. The number of hydroxylamine groups is 1. The highest BCUT2D eigenvalue weighted by Crippen LogP contribution is 2.47. The number of nitrogens with zero attached hydrogens (tertiary/aromatic N) is 3. The molecule has 160 valence electrons. The van der Waals surface area contributed by atoms with Gasteiger partial charge >= 0.3 is 0 Å². The van der Waals surface area contributed by atoms with Crippen LogP contribution in [0.1, 0.15) is 17.2 Å². The number of nitro groups is 1. The molecule has 0 radical (unpaired) electrons. The molecule has 5 rings (SSSR count). The number of non-ortho nitro benzene ring substituents is 1. The number of para-hydroxylation sites is 1. The summed E-state index contributed by atoms with van der Waals surface area (Å²) in [5.74, 6) is -1.56. The molecule has 2 saturated heterocycles. The number of carbonyl (C=O) groups excluding carboxylic acids is 2. The van der Waals surface area contributed by atoms with Crippen molar-refractivity contribution in [2.45, 2.75) is 18.7 Å². The second kappa shape index (κ2) is 7.90. The summed E-state index contributed by atoms with van der Waals surface area (Å²) in [5, 5.41) is 12.9. The van der Waals surface area contributed by atoms with Crippen molar-refractivity contribution in [2.24, 2.45) is 5.92 Å². The number of rotatable bonds is 5. The van der Waals surface area contributed by atoms with Crippen molar-refractivity contribution in [3.05, 3.63) is 106 Å². The molecular formula is C24H19N3O5. The number of likely N-dealkylation sites (tertiary alicyclic amines) is 1. The van der Waals surface area contributed by atoms with Crippen LogP contribution in [0.15, 0.2) is 84.9 Å². The summed E-state index contributed by atoms with van der Waals surface area (Å²) in [6.45, 7) is 0.155. The molecule has 0 saturated carbocycles. The van der Waals surface area contributed by atoms with E-state index in [2.05, 4.69) is 0 Å². The van der Waals surface area contributed by atoms with Crippen molar-refractivity contribution in [1.29, 1.82) is 0 Å². The number of amides is 2. The molecule has 2 heterocycles. The monoisotopic (exact) mass is 429 g/mol. The Morgan fingerprint density at radius 3 is 2.25 bits per heavy atom. The quantitative estimate of drug-likeness (QED) is 0.349. The highest BCUT2D eigenvalue weighted by Gasteiger charge is 2.59. The van der Waals surface area contributed by atoms with E-state index < -0.39 is 28.9 Å². The van der Waals surface area contributed by atoms with Crippen molar-refractivity contribution >= 4 is 23.2 Å². The second-order valence-corrected chi connectivity index (χ2v) is 7.76. The van der Waals surface area contributed by atoms with Gasteiger partial charge in [-0.2, -0.15) is 0 Å². The Bertz CT molecular complexity index is 1180. The molecule has 0 bridgehead atoms. The van der Waals surface area contributed by atoms with E-state index in [-0.39, 0.29) is 18.1 Å². The Kier molecular flexibility index (Phi) is 4.91. The molecule has 2 aliphatic heterocycles. The molecule has 0 unspecified atom stereocenters. The van der Waals surface area contributed by atoms with E-state index in [1.165, 1.54) is 22.1 Å². The lowest BCUT2D eigenvalue weighted by molar-refractivity contribution is -0.384. The molecule has 8 nitrogen and oxygen atoms in total. The summed E-state index contributed by atoms with van der Waals surface area (Å²) >= 11 is 0. The Balaban J connectivity index is 1.55. The van der Waals surface area contributed by atoms with Crippen LogP contribution in [0.3, 0.4) is 0 Å². The van der Waals surface area contributed by atoms with Crippen LogP contribution in [0.2, 0.25) is 0 Å². The van der Waals surface area contributed by atoms with E-state index in [9.17, 15) is 19.7 Å². The van der Waals surface area contributed by atoms with E-state index in [0.29, 0.717) is 11.3 Å². The minimum Gasteiger partial charge on any atom is -0.275 e. The number of hydrogen-bond acceptors (Lipinski definition) is 6. The summed E-state index contributed by atoms with van der Waals surface area (Å²) < 4.78 is 0. The van der Waals surface area contributed by atoms with E-state index in [1.807, 2.05) is 60.7 Å². The first kappa shape index (κ1) is 19.9. The third kappa shape index (κ3) is 3.30. The normalized spacial score (nSPS) is 22.3. The number of fused-ring (bicyclic) bond motifs is 1. The minimum atomic E-state index is -0.990. The number of hydrogen-bond donors (Lipinski definition) is 0. The Morgan fingerprint density at radius 2 is 1.56 bits per heavy atom. The fourth-order valence-corrected chi connectivity index (χ4v) is 4.35. The zero-order chi connectivity index (χ0) is 22.2. The number of imide groups is 1. The third-order valence-corrected chi connectivity index (χ3v) is 5.82. The summed E-state index contributed by atoms with van der Waals surface area (Å²) in [6.07, 6.45) is -0.990. The molecule has 32 heavy (non-hydrogen) atoms. The number of anilines is 1. The summed E-state index contributed by atoms with van der Waals surface area (Å²) in [6, 6.07) is 23.8. The summed E-state index contributed by atoms with van der Waals surface area (Å²) in [5.41, 5.74) is 1.95. The molecule has 3 atom stereocenters. The van der Waals surface area contributed by atoms with Crippen LogP contribution in [-0.4, -0.2) is 27.7 Å². The number of carbonyl (C=O) groups is 2. The lowest BCUT2D eigenvalue weighted by Crippen LogP contribution is -2.36. The molecule has 2 fully saturated rings. The van der Waals surface area contributed by atoms with E-state index in [4.69, 9.17) is 4.84 Å². The van der Waals surface area contributed by atoms with Crippen molar-refractivity contribution in [2.75, 3.05) is 5.06 Å². The van der Waals surface area contributed by atoms with E-state index >= 15 is 0 Å². The lowest BCUT2D eigenvalue weighted by Gasteiger charge is -2.28. The van der Waals surface area contributed by atoms with Gasteiger partial charge in [0, 0.05) is 12.1 Å². The maximum absolute atomic E-state index is 13.4. The highest BCUT2D eigenvalue weighted by atomic mass is 16.7. The first-order valence-corrected chi connectivity index (χ1v) is 10.2. The molecule has 2 aliphatic rings. The van der Waals surface area contributed by atoms with Gasteiger partial charge in [-0.05, 0) is 23.3 Å². The van der Waals surface area contributed by atoms with E-state index in [0.717, 1.165) is 5.56 Å². The van der Waals surface area contributed by atoms with Crippen LogP contribution >= 0.6 is 0 Å². The maximum atomic E-state index is 13.4. The average molecular weight is 429 g/mol. The molecule has 0 aromatic heterocycles. The molecule has 3 aromatic rings. The van der Waals surface area contributed by atoms with Gasteiger partial charge in [-0.3, -0.25) is 29.4 Å². The van der Waals surface area contributed by atoms with Crippen LogP contribution in [0.5, 0.6) is 0 Å². The largest absolute Gasteiger partial charge is 0.275 e. The topological polar surface area (TPSA) is 93.0 Å². The standard InChI is InChI=1S/C24H19N3O5/c28-23-20-21(17-10-7-13-19(14-17)27(30)31)26(18-11-5-2-6-12-18)32-22(20)24(29)25(23)15-16-8-3-1-4-9-16/h1-14,20-22H,15H2/t20-,21-,22-/m1/s1. The molecule has 0 aliphatic carbocycles. The van der Waals surface area contributed by atoms with Crippen molar-refractivity contribution in [3.8, 4) is 0 Å². The molecule has 0 spiro atoms. The second-order valence-electron chi connectivity index (χ2n) is 7.76. The smallest absolute Gasteiger partial charge is 0.269 e. The third-order valence-electron chi connectivity index (χ3n) is 5.82. The fourth-order valence-electron chi connectivity index (χ4n) is 4.35. The van der Waals surface area contributed by atoms with Gasteiger partial charge in [0.2, 0.25) is 5.91 Å². The molecule has 3 aromatic carbocycles. The van der Waals surface area contributed by atoms with Gasteiger partial charge in [0.15, 0.2) is 6.10 Å². The SMILES string of the molecule is O=C1[C@@H]2[C@@H](c3cccc([N+](=O)[O-])c3)N(c3ccccc3)O[C@H]2C(=O)N1Cc1ccccc1. The van der Waals surface area contributed by atoms with Gasteiger partial charge in [0.1, 0.15) is 5.92 Å². The molecule has 2 amide bonds. The van der Waals surface area contributed by atoms with Crippen molar-refractivity contribution in [3.63, 3.8) is 0 Å². The Labute approximate surface area is 183 Å². The van der Waals surface area contributed by atoms with Crippen molar-refractivity contribution < 1.29 is 19.3 Å². The predicted molar refractivity (Wildman–Crippen MR) is 115 cm³/mol. The van der Waals surface area contributed by atoms with Crippen LogP contribution < -0.4 is 5.06 Å². The van der Waals surface area contributed by atoms with Crippen molar-refractivity contribution in [1.82, 2.24) is 4.90 Å². The van der Waals surface area contributed by atoms with Gasteiger partial charge < -0.3 is 0 Å². The zero-order valence-corrected chi connectivity index (χ0v) is 16.9. The van der Waals surface area contributed by atoms with Crippen LogP contribution in [-0.2, 0) is 21.0 Å². The summed E-state index contributed by atoms with van der Waals surface area (Å²) in [7, 11) is 0. The highest BCUT2D eigenvalue weighted by molar-refractivity contribution is 6.07. The lowest BCUT2D eigenvalue weighted by atomic mass is 9.90. The number of benzene rings is 3. The molecule has 0 N–H and O–H groups in total. The van der Waals surface area contributed by atoms with E-state index in [1.54, 1.807) is 12.1 Å². The zero-order valence-electron chi connectivity index (χ0n) is 16.9. The first-order valence-electron chi connectivity index (χ1n) is 10.2. The Morgan fingerprint density at radius 1 is 0.875 bits per heavy atom. The van der Waals surface area contributed by atoms with Crippen LogP contribution in [0.25, 0.3) is 0 Å². The average Bonchev–Trinajstić information content (AvgIpc) is 3.32.